The highest BCUT2D eigenvalue weighted by Crippen LogP contribution is 2.66. The summed E-state index contributed by atoms with van der Waals surface area (Å²) in [5, 5.41) is 0. The molecule has 2 aliphatic heterocycles. The number of ketones is 1. The van der Waals surface area contributed by atoms with Crippen LogP contribution in [-0.4, -0.2) is 53.5 Å². The van der Waals surface area contributed by atoms with E-state index >= 15 is 0 Å². The Morgan fingerprint density at radius 1 is 1.30 bits per heavy atom. The van der Waals surface area contributed by atoms with Crippen LogP contribution in [0.3, 0.4) is 0 Å². The first kappa shape index (κ1) is 19.3. The minimum Gasteiger partial charge on any atom is -0.477 e. The number of carbonyl (C=O) groups is 3. The maximum atomic E-state index is 13.1. The van der Waals surface area contributed by atoms with Gasteiger partial charge in [-0.3, -0.25) is 19.3 Å². The number of Topliss-reactive ketones (excluding diaryl/α,β-unsaturated/α-hetero) is 1. The molecule has 0 radical (unpaired) electrons. The molecule has 0 amide bonds. The summed E-state index contributed by atoms with van der Waals surface area (Å²) in [6, 6.07) is 3.61. The molecule has 158 valence electrons. The average molecular weight is 411 g/mol. The van der Waals surface area contributed by atoms with Gasteiger partial charge < -0.3 is 14.2 Å². The van der Waals surface area contributed by atoms with Gasteiger partial charge in [0, 0.05) is 38.9 Å². The third-order valence-corrected chi connectivity index (χ3v) is 7.26. The monoisotopic (exact) mass is 411 g/mol. The molecule has 0 unspecified atom stereocenters. The van der Waals surface area contributed by atoms with Gasteiger partial charge in [0.2, 0.25) is 0 Å². The molecule has 1 aromatic carbocycles. The number of piperidine rings is 1. The molecule has 1 saturated heterocycles. The zero-order chi connectivity index (χ0) is 21.3. The van der Waals surface area contributed by atoms with Crippen molar-refractivity contribution in [3.63, 3.8) is 0 Å². The van der Waals surface area contributed by atoms with E-state index in [1.807, 2.05) is 12.1 Å². The molecule has 30 heavy (non-hydrogen) atoms. The van der Waals surface area contributed by atoms with Crippen molar-refractivity contribution in [2.24, 2.45) is 0 Å². The number of hydrogen-bond acceptors (Lipinski definition) is 7. The molecule has 1 saturated carbocycles. The second-order valence-corrected chi connectivity index (χ2v) is 8.69. The van der Waals surface area contributed by atoms with E-state index in [0.29, 0.717) is 37.3 Å². The summed E-state index contributed by atoms with van der Waals surface area (Å²) in [5.74, 6) is -0.0293. The highest BCUT2D eigenvalue weighted by Gasteiger charge is 2.75. The van der Waals surface area contributed by atoms with Crippen LogP contribution in [0.1, 0.15) is 44.2 Å². The van der Waals surface area contributed by atoms with E-state index in [1.54, 1.807) is 6.07 Å². The lowest BCUT2D eigenvalue weighted by atomic mass is 9.48. The molecule has 0 aromatic heterocycles. The lowest BCUT2D eigenvalue weighted by Gasteiger charge is -2.63. The molecule has 4 aliphatic rings. The molecule has 2 bridgehead atoms. The van der Waals surface area contributed by atoms with E-state index in [-0.39, 0.29) is 24.2 Å². The molecule has 4 atom stereocenters. The fourth-order valence-electron chi connectivity index (χ4n) is 6.46. The van der Waals surface area contributed by atoms with Gasteiger partial charge in [-0.25, -0.2) is 0 Å². The summed E-state index contributed by atoms with van der Waals surface area (Å²) < 4.78 is 17.9. The minimum atomic E-state index is -0.869. The summed E-state index contributed by atoms with van der Waals surface area (Å²) in [4.78, 5) is 39.4. The number of rotatable bonds is 4. The smallest absolute Gasteiger partial charge is 0.308 e. The lowest BCUT2D eigenvalue weighted by Crippen LogP contribution is -2.77. The standard InChI is InChI=1S/C23H25NO6/c1-4-10-24-11-9-22-19-15-5-6-17(28-13(2)25)20(19)29-21(22)16(27)7-8-23(22,18(24)12-15)30-14(3)26/h4-6,18,21H,1,7-12H2,2-3H3/t18-,21+,22+,23-/m1/s1. The van der Waals surface area contributed by atoms with Gasteiger partial charge in [-0.1, -0.05) is 12.1 Å². The van der Waals surface area contributed by atoms with E-state index in [9.17, 15) is 14.4 Å². The third kappa shape index (κ3) is 2.27. The van der Waals surface area contributed by atoms with Crippen molar-refractivity contribution in [2.75, 3.05) is 13.1 Å². The van der Waals surface area contributed by atoms with Gasteiger partial charge in [-0.15, -0.1) is 6.58 Å². The summed E-state index contributed by atoms with van der Waals surface area (Å²) in [6.45, 7) is 8.07. The number of ether oxygens (including phenoxy) is 3. The Kier molecular flexibility index (Phi) is 4.13. The Labute approximate surface area is 175 Å². The van der Waals surface area contributed by atoms with Crippen molar-refractivity contribution >= 4 is 17.7 Å². The fourth-order valence-corrected chi connectivity index (χ4v) is 6.46. The summed E-state index contributed by atoms with van der Waals surface area (Å²) >= 11 is 0. The Balaban J connectivity index is 1.78. The molecule has 5 rings (SSSR count). The Hall–Kier alpha value is -2.67. The third-order valence-electron chi connectivity index (χ3n) is 7.26. The van der Waals surface area contributed by atoms with Crippen LogP contribution in [0, 0.1) is 0 Å². The summed E-state index contributed by atoms with van der Waals surface area (Å²) in [6.07, 6.45) is 3.14. The van der Waals surface area contributed by atoms with Crippen LogP contribution >= 0.6 is 0 Å². The number of likely N-dealkylation sites (tertiary alicyclic amines) is 1. The summed E-state index contributed by atoms with van der Waals surface area (Å²) in [5.41, 5.74) is 0.302. The van der Waals surface area contributed by atoms with Crippen LogP contribution < -0.4 is 9.47 Å². The maximum Gasteiger partial charge on any atom is 0.308 e. The average Bonchev–Trinajstić information content (AvgIpc) is 3.03. The van der Waals surface area contributed by atoms with E-state index in [4.69, 9.17) is 14.2 Å². The molecule has 1 spiro atoms. The van der Waals surface area contributed by atoms with E-state index in [2.05, 4.69) is 11.5 Å². The zero-order valence-electron chi connectivity index (χ0n) is 17.2. The first-order valence-electron chi connectivity index (χ1n) is 10.4. The SMILES string of the molecule is C=CCN1CC[C@]23c4c5ccc(OC(C)=O)c4O[C@H]2C(=O)CC[C@@]3(OC(C)=O)[C@H]1C5. The quantitative estimate of drug-likeness (QED) is 0.426. The van der Waals surface area contributed by atoms with Crippen molar-refractivity contribution < 1.29 is 28.6 Å². The zero-order valence-corrected chi connectivity index (χ0v) is 17.2. The van der Waals surface area contributed by atoms with Crippen molar-refractivity contribution in [3.05, 3.63) is 35.9 Å². The molecule has 7 nitrogen and oxygen atoms in total. The van der Waals surface area contributed by atoms with Crippen LogP contribution in [0.5, 0.6) is 11.5 Å². The van der Waals surface area contributed by atoms with Crippen LogP contribution in [0.25, 0.3) is 0 Å². The van der Waals surface area contributed by atoms with Crippen LogP contribution in [0.2, 0.25) is 0 Å². The van der Waals surface area contributed by atoms with Gasteiger partial charge in [0.15, 0.2) is 23.4 Å². The van der Waals surface area contributed by atoms with Crippen molar-refractivity contribution in [3.8, 4) is 11.5 Å². The number of nitrogens with zero attached hydrogens (tertiary/aromatic N) is 1. The first-order valence-corrected chi connectivity index (χ1v) is 10.4. The highest BCUT2D eigenvalue weighted by molar-refractivity contribution is 5.90. The van der Waals surface area contributed by atoms with E-state index in [0.717, 1.165) is 17.7 Å². The largest absolute Gasteiger partial charge is 0.477 e. The lowest BCUT2D eigenvalue weighted by molar-refractivity contribution is -0.213. The van der Waals surface area contributed by atoms with Crippen molar-refractivity contribution in [1.82, 2.24) is 4.90 Å². The number of hydrogen-bond donors (Lipinski definition) is 0. The van der Waals surface area contributed by atoms with E-state index in [1.165, 1.54) is 13.8 Å². The number of carbonyl (C=O) groups excluding carboxylic acids is 3. The van der Waals surface area contributed by atoms with Crippen molar-refractivity contribution in [1.29, 1.82) is 0 Å². The predicted octanol–water partition coefficient (Wildman–Crippen LogP) is 2.09. The topological polar surface area (TPSA) is 82.1 Å². The fraction of sp³-hybridized carbons (Fsp3) is 0.522. The number of esters is 2. The van der Waals surface area contributed by atoms with Gasteiger partial charge in [0.05, 0.1) is 11.5 Å². The van der Waals surface area contributed by atoms with Crippen LogP contribution in [-0.2, 0) is 31.0 Å². The van der Waals surface area contributed by atoms with Crippen LogP contribution in [0.4, 0.5) is 0 Å². The normalized spacial score (nSPS) is 33.3. The molecule has 1 aromatic rings. The molecule has 2 heterocycles. The van der Waals surface area contributed by atoms with Gasteiger partial charge in [-0.2, -0.15) is 0 Å². The minimum absolute atomic E-state index is 0.00604. The van der Waals surface area contributed by atoms with Gasteiger partial charge in [0.25, 0.3) is 0 Å². The Morgan fingerprint density at radius 2 is 2.10 bits per heavy atom. The second-order valence-electron chi connectivity index (χ2n) is 8.69. The molecule has 2 aliphatic carbocycles. The molecule has 0 N–H and O–H groups in total. The van der Waals surface area contributed by atoms with Gasteiger partial charge in [0.1, 0.15) is 5.60 Å². The highest BCUT2D eigenvalue weighted by atomic mass is 16.6. The summed E-state index contributed by atoms with van der Waals surface area (Å²) in [7, 11) is 0. The van der Waals surface area contributed by atoms with Gasteiger partial charge >= 0.3 is 11.9 Å². The van der Waals surface area contributed by atoms with Crippen molar-refractivity contribution in [2.45, 2.75) is 62.7 Å². The molecular weight excluding hydrogens is 386 g/mol. The second kappa shape index (κ2) is 6.41. The first-order chi connectivity index (χ1) is 14.3. The Morgan fingerprint density at radius 3 is 2.80 bits per heavy atom. The molecule has 7 heteroatoms. The number of benzene rings is 1. The van der Waals surface area contributed by atoms with E-state index < -0.39 is 23.1 Å². The molecular formula is C23H25NO6. The molecule has 2 fully saturated rings. The van der Waals surface area contributed by atoms with Crippen LogP contribution in [0.15, 0.2) is 24.8 Å². The Bertz CT molecular complexity index is 986. The van der Waals surface area contributed by atoms with Gasteiger partial charge in [-0.05, 0) is 30.9 Å². The maximum absolute atomic E-state index is 13.1. The predicted molar refractivity (Wildman–Crippen MR) is 106 cm³/mol.